The molecule has 15 heavy (non-hydrogen) atoms. The standard InChI is InChI=1S/C10H17N3OS/c1-4-13(5-2)8-6-7(11)9(15-8)10(14)12-3/h6H,4-5,11H2,1-3H3,(H,12,14). The van der Waals surface area contributed by atoms with Gasteiger partial charge in [0, 0.05) is 20.1 Å². The summed E-state index contributed by atoms with van der Waals surface area (Å²) in [6, 6.07) is 1.86. The number of hydrogen-bond donors (Lipinski definition) is 2. The summed E-state index contributed by atoms with van der Waals surface area (Å²) in [6.45, 7) is 6.01. The number of nitrogens with one attached hydrogen (secondary N) is 1. The van der Waals surface area contributed by atoms with Gasteiger partial charge in [0.15, 0.2) is 0 Å². The van der Waals surface area contributed by atoms with E-state index >= 15 is 0 Å². The first-order valence-electron chi connectivity index (χ1n) is 5.00. The summed E-state index contributed by atoms with van der Waals surface area (Å²) >= 11 is 1.44. The second-order valence-corrected chi connectivity index (χ2v) is 4.15. The number of rotatable bonds is 4. The Morgan fingerprint density at radius 3 is 2.60 bits per heavy atom. The maximum absolute atomic E-state index is 11.4. The predicted molar refractivity (Wildman–Crippen MR) is 65.7 cm³/mol. The first-order valence-corrected chi connectivity index (χ1v) is 5.82. The fourth-order valence-electron chi connectivity index (χ4n) is 1.37. The highest BCUT2D eigenvalue weighted by atomic mass is 32.1. The van der Waals surface area contributed by atoms with Gasteiger partial charge in [0.25, 0.3) is 5.91 Å². The molecule has 0 saturated carbocycles. The van der Waals surface area contributed by atoms with Crippen molar-refractivity contribution in [2.75, 3.05) is 30.8 Å². The SMILES string of the molecule is CCN(CC)c1cc(N)c(C(=O)NC)s1. The summed E-state index contributed by atoms with van der Waals surface area (Å²) in [4.78, 5) is 14.2. The summed E-state index contributed by atoms with van der Waals surface area (Å²) in [5.74, 6) is -0.115. The lowest BCUT2D eigenvalue weighted by molar-refractivity contribution is 0.0968. The normalized spacial score (nSPS) is 10.1. The molecular formula is C10H17N3OS. The second kappa shape index (κ2) is 5.02. The van der Waals surface area contributed by atoms with Gasteiger partial charge in [-0.3, -0.25) is 4.79 Å². The zero-order valence-electron chi connectivity index (χ0n) is 9.33. The van der Waals surface area contributed by atoms with E-state index in [4.69, 9.17) is 5.73 Å². The third kappa shape index (κ3) is 2.41. The number of hydrogen-bond acceptors (Lipinski definition) is 4. The second-order valence-electron chi connectivity index (χ2n) is 3.12. The number of amides is 1. The molecule has 1 amide bonds. The van der Waals surface area contributed by atoms with E-state index in [1.54, 1.807) is 7.05 Å². The molecule has 3 N–H and O–H groups in total. The molecule has 0 bridgehead atoms. The molecule has 0 saturated heterocycles. The molecule has 0 aliphatic rings. The molecule has 1 heterocycles. The van der Waals surface area contributed by atoms with E-state index in [0.29, 0.717) is 10.6 Å². The average molecular weight is 227 g/mol. The van der Waals surface area contributed by atoms with Gasteiger partial charge in [-0.05, 0) is 19.9 Å². The topological polar surface area (TPSA) is 58.4 Å². The molecule has 1 aromatic rings. The van der Waals surface area contributed by atoms with Gasteiger partial charge in [-0.1, -0.05) is 0 Å². The first kappa shape index (κ1) is 11.8. The fraction of sp³-hybridized carbons (Fsp3) is 0.500. The molecule has 0 aliphatic heterocycles. The Labute approximate surface area is 94.1 Å². The molecule has 0 aromatic carbocycles. The molecule has 4 nitrogen and oxygen atoms in total. The Morgan fingerprint density at radius 1 is 1.53 bits per heavy atom. The van der Waals surface area contributed by atoms with Crippen LogP contribution in [0.5, 0.6) is 0 Å². The van der Waals surface area contributed by atoms with Crippen molar-refractivity contribution < 1.29 is 4.79 Å². The fourth-order valence-corrected chi connectivity index (χ4v) is 2.53. The number of nitrogens with zero attached hydrogens (tertiary/aromatic N) is 1. The molecule has 84 valence electrons. The van der Waals surface area contributed by atoms with Gasteiger partial charge in [-0.2, -0.15) is 0 Å². The number of nitrogen functional groups attached to an aromatic ring is 1. The first-order chi connectivity index (χ1) is 7.13. The van der Waals surface area contributed by atoms with Gasteiger partial charge in [0.2, 0.25) is 0 Å². The van der Waals surface area contributed by atoms with Gasteiger partial charge in [-0.25, -0.2) is 0 Å². The number of carbonyl (C=O) groups is 1. The van der Waals surface area contributed by atoms with Crippen LogP contribution in [0, 0.1) is 0 Å². The largest absolute Gasteiger partial charge is 0.397 e. The van der Waals surface area contributed by atoms with E-state index in [-0.39, 0.29) is 5.91 Å². The smallest absolute Gasteiger partial charge is 0.263 e. The predicted octanol–water partition coefficient (Wildman–Crippen LogP) is 1.54. The van der Waals surface area contributed by atoms with Gasteiger partial charge in [0.05, 0.1) is 10.7 Å². The lowest BCUT2D eigenvalue weighted by Crippen LogP contribution is -2.20. The van der Waals surface area contributed by atoms with Crippen LogP contribution in [-0.4, -0.2) is 26.0 Å². The van der Waals surface area contributed by atoms with Crippen LogP contribution in [-0.2, 0) is 0 Å². The van der Waals surface area contributed by atoms with Gasteiger partial charge >= 0.3 is 0 Å². The van der Waals surface area contributed by atoms with Crippen LogP contribution in [0.2, 0.25) is 0 Å². The quantitative estimate of drug-likeness (QED) is 0.820. The molecule has 0 radical (unpaired) electrons. The van der Waals surface area contributed by atoms with Crippen molar-refractivity contribution in [2.24, 2.45) is 0 Å². The number of thiophene rings is 1. The molecule has 5 heteroatoms. The maximum Gasteiger partial charge on any atom is 0.263 e. The van der Waals surface area contributed by atoms with Gasteiger partial charge in [-0.15, -0.1) is 11.3 Å². The summed E-state index contributed by atoms with van der Waals surface area (Å²) in [6.07, 6.45) is 0. The summed E-state index contributed by atoms with van der Waals surface area (Å²) in [5.41, 5.74) is 6.34. The van der Waals surface area contributed by atoms with Gasteiger partial charge < -0.3 is 16.0 Å². The maximum atomic E-state index is 11.4. The lowest BCUT2D eigenvalue weighted by Gasteiger charge is -2.17. The minimum atomic E-state index is -0.115. The van der Waals surface area contributed by atoms with Crippen LogP contribution in [0.15, 0.2) is 6.07 Å². The van der Waals surface area contributed by atoms with E-state index in [1.165, 1.54) is 11.3 Å². The Morgan fingerprint density at radius 2 is 2.13 bits per heavy atom. The van der Waals surface area contributed by atoms with Crippen molar-refractivity contribution in [3.8, 4) is 0 Å². The third-order valence-electron chi connectivity index (χ3n) is 2.26. The minimum Gasteiger partial charge on any atom is -0.397 e. The molecule has 0 spiro atoms. The van der Waals surface area contributed by atoms with Crippen LogP contribution in [0.1, 0.15) is 23.5 Å². The lowest BCUT2D eigenvalue weighted by atomic mass is 10.3. The summed E-state index contributed by atoms with van der Waals surface area (Å²) in [5, 5.41) is 3.64. The monoisotopic (exact) mass is 227 g/mol. The number of carbonyl (C=O) groups excluding carboxylic acids is 1. The Balaban J connectivity index is 2.99. The molecule has 0 fully saturated rings. The molecule has 0 unspecified atom stereocenters. The van der Waals surface area contributed by atoms with Crippen molar-refractivity contribution in [3.63, 3.8) is 0 Å². The van der Waals surface area contributed by atoms with E-state index in [2.05, 4.69) is 24.1 Å². The number of anilines is 2. The molecule has 0 atom stereocenters. The Hall–Kier alpha value is -1.23. The minimum absolute atomic E-state index is 0.115. The van der Waals surface area contributed by atoms with Crippen LogP contribution in [0.3, 0.4) is 0 Å². The van der Waals surface area contributed by atoms with Crippen molar-refractivity contribution in [3.05, 3.63) is 10.9 Å². The van der Waals surface area contributed by atoms with E-state index in [9.17, 15) is 4.79 Å². The molecular weight excluding hydrogens is 210 g/mol. The average Bonchev–Trinajstić information content (AvgIpc) is 2.61. The van der Waals surface area contributed by atoms with Crippen molar-refractivity contribution in [1.82, 2.24) is 5.32 Å². The molecule has 1 rings (SSSR count). The van der Waals surface area contributed by atoms with Crippen LogP contribution < -0.4 is 16.0 Å². The van der Waals surface area contributed by atoms with Crippen molar-refractivity contribution in [2.45, 2.75) is 13.8 Å². The zero-order chi connectivity index (χ0) is 11.4. The van der Waals surface area contributed by atoms with Crippen molar-refractivity contribution in [1.29, 1.82) is 0 Å². The molecule has 1 aromatic heterocycles. The van der Waals surface area contributed by atoms with Crippen LogP contribution >= 0.6 is 11.3 Å². The van der Waals surface area contributed by atoms with E-state index in [0.717, 1.165) is 18.1 Å². The van der Waals surface area contributed by atoms with E-state index in [1.807, 2.05) is 6.07 Å². The highest BCUT2D eigenvalue weighted by molar-refractivity contribution is 7.18. The highest BCUT2D eigenvalue weighted by Crippen LogP contribution is 2.31. The third-order valence-corrected chi connectivity index (χ3v) is 3.47. The summed E-state index contributed by atoms with van der Waals surface area (Å²) < 4.78 is 0. The Kier molecular flexibility index (Phi) is 3.96. The van der Waals surface area contributed by atoms with Crippen LogP contribution in [0.25, 0.3) is 0 Å². The van der Waals surface area contributed by atoms with E-state index < -0.39 is 0 Å². The van der Waals surface area contributed by atoms with Crippen LogP contribution in [0.4, 0.5) is 10.7 Å². The Bertz CT molecular complexity index is 344. The van der Waals surface area contributed by atoms with Gasteiger partial charge in [0.1, 0.15) is 4.88 Å². The zero-order valence-corrected chi connectivity index (χ0v) is 10.1. The van der Waals surface area contributed by atoms with Crippen molar-refractivity contribution >= 4 is 27.9 Å². The number of nitrogens with two attached hydrogens (primary N) is 1. The molecule has 0 aliphatic carbocycles. The highest BCUT2D eigenvalue weighted by Gasteiger charge is 2.15. The summed E-state index contributed by atoms with van der Waals surface area (Å²) in [7, 11) is 1.61.